The van der Waals surface area contributed by atoms with Gasteiger partial charge in [0.25, 0.3) is 5.56 Å². The van der Waals surface area contributed by atoms with Crippen molar-refractivity contribution in [3.8, 4) is 17.0 Å². The van der Waals surface area contributed by atoms with Gasteiger partial charge in [-0.2, -0.15) is 13.2 Å². The van der Waals surface area contributed by atoms with Gasteiger partial charge in [0, 0.05) is 24.1 Å². The van der Waals surface area contributed by atoms with Crippen molar-refractivity contribution in [2.45, 2.75) is 31.0 Å². The highest BCUT2D eigenvalue weighted by Gasteiger charge is 2.44. The maximum Gasteiger partial charge on any atom is 0.490 e. The monoisotopic (exact) mass is 412 g/mol. The molecule has 2 N–H and O–H groups in total. The van der Waals surface area contributed by atoms with Gasteiger partial charge in [-0.15, -0.1) is 10.2 Å². The van der Waals surface area contributed by atoms with Gasteiger partial charge in [0.15, 0.2) is 5.69 Å². The molecule has 2 aliphatic heterocycles. The standard InChI is InChI=1S/C16H18N4O2.C2HF3O2/c1-22-12-4-2-11(3-5-12)13-14(21)20-9-7-16(6-8-17-10-16)15(20)19-18-13;3-2(4,5)1(6)7/h2-5,17H,6-10H2,1H3;(H,6,7). The Morgan fingerprint density at radius 1 is 1.24 bits per heavy atom. The van der Waals surface area contributed by atoms with E-state index >= 15 is 0 Å². The van der Waals surface area contributed by atoms with Gasteiger partial charge in [0.2, 0.25) is 0 Å². The first-order valence-electron chi connectivity index (χ1n) is 8.81. The minimum absolute atomic E-state index is 0.00456. The molecule has 0 aliphatic carbocycles. The Labute approximate surface area is 163 Å². The van der Waals surface area contributed by atoms with Gasteiger partial charge in [0.1, 0.15) is 11.6 Å². The molecule has 1 saturated heterocycles. The van der Waals surface area contributed by atoms with Crippen LogP contribution in [-0.4, -0.2) is 52.2 Å². The zero-order chi connectivity index (χ0) is 21.2. The summed E-state index contributed by atoms with van der Waals surface area (Å²) in [4.78, 5) is 21.7. The van der Waals surface area contributed by atoms with Gasteiger partial charge in [-0.05, 0) is 43.7 Å². The normalized spacial score (nSPS) is 20.1. The molecule has 8 nitrogen and oxygen atoms in total. The molecule has 0 bridgehead atoms. The van der Waals surface area contributed by atoms with Crippen LogP contribution in [0.2, 0.25) is 0 Å². The molecule has 2 aromatic rings. The molecule has 1 fully saturated rings. The quantitative estimate of drug-likeness (QED) is 0.771. The summed E-state index contributed by atoms with van der Waals surface area (Å²) in [6, 6.07) is 7.35. The van der Waals surface area contributed by atoms with Crippen LogP contribution in [0.15, 0.2) is 29.1 Å². The molecule has 2 aliphatic rings. The molecular formula is C18H19F3N4O4. The minimum atomic E-state index is -5.08. The van der Waals surface area contributed by atoms with E-state index in [4.69, 9.17) is 14.6 Å². The average Bonchev–Trinajstić information content (AvgIpc) is 3.31. The predicted octanol–water partition coefficient (Wildman–Crippen LogP) is 1.58. The number of benzene rings is 1. The number of methoxy groups -OCH3 is 1. The van der Waals surface area contributed by atoms with Crippen LogP contribution in [0.3, 0.4) is 0 Å². The molecule has 0 saturated carbocycles. The number of rotatable bonds is 2. The Morgan fingerprint density at radius 3 is 2.41 bits per heavy atom. The van der Waals surface area contributed by atoms with E-state index in [0.717, 1.165) is 49.6 Å². The van der Waals surface area contributed by atoms with Crippen LogP contribution in [0.5, 0.6) is 5.75 Å². The highest BCUT2D eigenvalue weighted by molar-refractivity contribution is 5.73. The first kappa shape index (κ1) is 20.8. The van der Waals surface area contributed by atoms with Crippen molar-refractivity contribution in [1.82, 2.24) is 20.1 Å². The second-order valence-electron chi connectivity index (χ2n) is 6.82. The lowest BCUT2D eigenvalue weighted by Crippen LogP contribution is -2.31. The average molecular weight is 412 g/mol. The summed E-state index contributed by atoms with van der Waals surface area (Å²) in [7, 11) is 1.62. The molecule has 1 spiro atoms. The van der Waals surface area contributed by atoms with Crippen molar-refractivity contribution in [3.05, 3.63) is 40.4 Å². The largest absolute Gasteiger partial charge is 0.497 e. The molecule has 1 atom stereocenters. The number of carboxylic acids is 1. The summed E-state index contributed by atoms with van der Waals surface area (Å²) >= 11 is 0. The second kappa shape index (κ2) is 7.82. The molecule has 29 heavy (non-hydrogen) atoms. The number of nitrogens with zero attached hydrogens (tertiary/aromatic N) is 3. The highest BCUT2D eigenvalue weighted by atomic mass is 19.4. The summed E-state index contributed by atoms with van der Waals surface area (Å²) in [5.41, 5.74) is 1.15. The number of halogens is 3. The van der Waals surface area contributed by atoms with E-state index in [1.165, 1.54) is 0 Å². The molecule has 156 valence electrons. The maximum atomic E-state index is 12.8. The maximum absolute atomic E-state index is 12.8. The lowest BCUT2D eigenvalue weighted by Gasteiger charge is -2.19. The molecule has 1 aromatic carbocycles. The Bertz CT molecular complexity index is 951. The number of nitrogens with one attached hydrogen (secondary N) is 1. The number of hydrogen-bond acceptors (Lipinski definition) is 6. The number of carbonyl (C=O) groups is 1. The highest BCUT2D eigenvalue weighted by Crippen LogP contribution is 2.37. The predicted molar refractivity (Wildman–Crippen MR) is 95.8 cm³/mol. The van der Waals surface area contributed by atoms with Crippen LogP contribution in [0.4, 0.5) is 13.2 Å². The minimum Gasteiger partial charge on any atom is -0.497 e. The van der Waals surface area contributed by atoms with E-state index in [-0.39, 0.29) is 11.0 Å². The SMILES string of the molecule is COc1ccc(-c2nnc3n(c2=O)CCC32CCNC2)cc1.O=C(O)C(F)(F)F. The molecule has 0 radical (unpaired) electrons. The van der Waals surface area contributed by atoms with Crippen molar-refractivity contribution < 1.29 is 27.8 Å². The smallest absolute Gasteiger partial charge is 0.490 e. The number of hydrogen-bond donors (Lipinski definition) is 2. The first-order chi connectivity index (χ1) is 13.7. The van der Waals surface area contributed by atoms with Crippen LogP contribution >= 0.6 is 0 Å². The lowest BCUT2D eigenvalue weighted by molar-refractivity contribution is -0.192. The zero-order valence-electron chi connectivity index (χ0n) is 15.5. The molecular weight excluding hydrogens is 393 g/mol. The third kappa shape index (κ3) is 4.09. The summed E-state index contributed by atoms with van der Waals surface area (Å²) < 4.78 is 38.7. The fourth-order valence-corrected chi connectivity index (χ4v) is 3.53. The van der Waals surface area contributed by atoms with Gasteiger partial charge in [-0.1, -0.05) is 0 Å². The van der Waals surface area contributed by atoms with Gasteiger partial charge in [-0.3, -0.25) is 9.36 Å². The summed E-state index contributed by atoms with van der Waals surface area (Å²) in [6.07, 6.45) is -3.08. The lowest BCUT2D eigenvalue weighted by atomic mass is 9.85. The number of aliphatic carboxylic acids is 1. The van der Waals surface area contributed by atoms with Crippen molar-refractivity contribution in [2.75, 3.05) is 20.2 Å². The first-order valence-corrected chi connectivity index (χ1v) is 8.81. The van der Waals surface area contributed by atoms with Crippen molar-refractivity contribution >= 4 is 5.97 Å². The van der Waals surface area contributed by atoms with Crippen molar-refractivity contribution in [2.24, 2.45) is 0 Å². The number of fused-ring (bicyclic) bond motifs is 2. The number of aromatic nitrogens is 3. The van der Waals surface area contributed by atoms with Crippen LogP contribution < -0.4 is 15.6 Å². The Kier molecular flexibility index (Phi) is 5.60. The molecule has 3 heterocycles. The van der Waals surface area contributed by atoms with Crippen LogP contribution in [0, 0.1) is 0 Å². The second-order valence-corrected chi connectivity index (χ2v) is 6.82. The molecule has 0 amide bonds. The fourth-order valence-electron chi connectivity index (χ4n) is 3.53. The van der Waals surface area contributed by atoms with Crippen LogP contribution in [0.25, 0.3) is 11.3 Å². The topological polar surface area (TPSA) is 106 Å². The van der Waals surface area contributed by atoms with Gasteiger partial charge < -0.3 is 15.2 Å². The summed E-state index contributed by atoms with van der Waals surface area (Å²) in [6.45, 7) is 2.60. The van der Waals surface area contributed by atoms with Crippen molar-refractivity contribution in [1.29, 1.82) is 0 Å². The summed E-state index contributed by atoms with van der Waals surface area (Å²) in [5, 5.41) is 19.2. The van der Waals surface area contributed by atoms with Gasteiger partial charge >= 0.3 is 12.1 Å². The molecule has 11 heteroatoms. The third-order valence-electron chi connectivity index (χ3n) is 5.09. The molecule has 1 aromatic heterocycles. The Morgan fingerprint density at radius 2 is 1.90 bits per heavy atom. The zero-order valence-corrected chi connectivity index (χ0v) is 15.5. The number of ether oxygens (including phenoxy) is 1. The van der Waals surface area contributed by atoms with E-state index in [9.17, 15) is 18.0 Å². The fraction of sp³-hybridized carbons (Fsp3) is 0.444. The van der Waals surface area contributed by atoms with Gasteiger partial charge in [-0.25, -0.2) is 4.79 Å². The number of carboxylic acid groups (broad SMARTS) is 1. The van der Waals surface area contributed by atoms with Crippen molar-refractivity contribution in [3.63, 3.8) is 0 Å². The van der Waals surface area contributed by atoms with E-state index in [1.54, 1.807) is 11.7 Å². The number of alkyl halides is 3. The van der Waals surface area contributed by atoms with E-state index in [1.807, 2.05) is 24.3 Å². The summed E-state index contributed by atoms with van der Waals surface area (Å²) in [5.74, 6) is -1.15. The van der Waals surface area contributed by atoms with E-state index < -0.39 is 12.1 Å². The Hall–Kier alpha value is -2.95. The third-order valence-corrected chi connectivity index (χ3v) is 5.09. The van der Waals surface area contributed by atoms with E-state index in [0.29, 0.717) is 5.69 Å². The van der Waals surface area contributed by atoms with Crippen LogP contribution in [0.1, 0.15) is 18.7 Å². The Balaban J connectivity index is 0.000000298. The molecule has 4 rings (SSSR count). The van der Waals surface area contributed by atoms with E-state index in [2.05, 4.69) is 15.5 Å². The van der Waals surface area contributed by atoms with Crippen LogP contribution in [-0.2, 0) is 16.8 Å². The molecule has 1 unspecified atom stereocenters. The van der Waals surface area contributed by atoms with Gasteiger partial charge in [0.05, 0.1) is 7.11 Å².